The average molecular weight is 444 g/mol. The van der Waals surface area contributed by atoms with Crippen LogP contribution in [0.3, 0.4) is 0 Å². The summed E-state index contributed by atoms with van der Waals surface area (Å²) in [6.45, 7) is 0. The Labute approximate surface area is 166 Å². The Hall–Kier alpha value is -2.11. The second-order valence-electron chi connectivity index (χ2n) is 6.21. The van der Waals surface area contributed by atoms with Crippen LogP contribution in [0.2, 0.25) is 0 Å². The number of methoxy groups -OCH3 is 1. The van der Waals surface area contributed by atoms with Gasteiger partial charge in [0.25, 0.3) is 0 Å². The average Bonchev–Trinajstić information content (AvgIpc) is 3.08. The van der Waals surface area contributed by atoms with Crippen LogP contribution < -0.4 is 13.2 Å². The zero-order valence-corrected chi connectivity index (χ0v) is 17.3. The van der Waals surface area contributed by atoms with E-state index in [-0.39, 0.29) is 19.9 Å². The van der Waals surface area contributed by atoms with Gasteiger partial charge < -0.3 is 0 Å². The molecule has 6 heteroatoms. The van der Waals surface area contributed by atoms with E-state index in [1.54, 1.807) is 31.4 Å². The topological polar surface area (TPSA) is 46.6 Å². The molecule has 4 nitrogen and oxygen atoms in total. The molecule has 0 aliphatic carbocycles. The van der Waals surface area contributed by atoms with Gasteiger partial charge in [-0.1, -0.05) is 0 Å². The molecule has 3 aromatic rings. The molecule has 0 radical (unpaired) electrons. The fourth-order valence-corrected chi connectivity index (χ4v) is 6.75. The molecule has 1 heterocycles. The van der Waals surface area contributed by atoms with Crippen LogP contribution in [0.5, 0.6) is 0 Å². The molecule has 1 atom stereocenters. The van der Waals surface area contributed by atoms with Gasteiger partial charge in [-0.2, -0.15) is 0 Å². The summed E-state index contributed by atoms with van der Waals surface area (Å²) in [7, 11) is -2.12. The molecule has 27 heavy (non-hydrogen) atoms. The van der Waals surface area contributed by atoms with Gasteiger partial charge in [-0.15, -0.1) is 0 Å². The molecule has 0 amide bonds. The fourth-order valence-electron chi connectivity index (χ4n) is 3.22. The van der Waals surface area contributed by atoms with Crippen LogP contribution in [0.15, 0.2) is 83.8 Å². The zero-order chi connectivity index (χ0) is 18.9. The van der Waals surface area contributed by atoms with Crippen LogP contribution in [0.25, 0.3) is 0 Å². The van der Waals surface area contributed by atoms with Crippen molar-refractivity contribution in [1.82, 2.24) is 0 Å². The Balaban J connectivity index is 1.70. The standard InChI is InChI=1S/C21H19NO3SSe/c1-25-21-15-16-14-19(27-18-10-6-3-7-11-18)12-13-20(16)22(21)26(23,24)17-8-4-2-5-9-17/h2-14,21H,15H2,1H3. The van der Waals surface area contributed by atoms with Gasteiger partial charge in [0.05, 0.1) is 0 Å². The number of hydrogen-bond donors (Lipinski definition) is 0. The first-order chi connectivity index (χ1) is 13.1. The Bertz CT molecular complexity index is 1040. The summed E-state index contributed by atoms with van der Waals surface area (Å²) >= 11 is 0.185. The molecule has 1 aliphatic rings. The van der Waals surface area contributed by atoms with Crippen LogP contribution in [-0.2, 0) is 21.2 Å². The minimum absolute atomic E-state index is 0.185. The van der Waals surface area contributed by atoms with E-state index in [1.807, 2.05) is 36.4 Å². The molecule has 138 valence electrons. The van der Waals surface area contributed by atoms with E-state index in [4.69, 9.17) is 4.74 Å². The van der Waals surface area contributed by atoms with Gasteiger partial charge >= 0.3 is 166 Å². The van der Waals surface area contributed by atoms with E-state index >= 15 is 0 Å². The number of ether oxygens (including phenoxy) is 1. The molecule has 0 saturated carbocycles. The van der Waals surface area contributed by atoms with Crippen LogP contribution in [-0.4, -0.2) is 36.7 Å². The van der Waals surface area contributed by atoms with E-state index in [9.17, 15) is 8.42 Å². The summed E-state index contributed by atoms with van der Waals surface area (Å²) in [6, 6.07) is 24.9. The van der Waals surface area contributed by atoms with Crippen molar-refractivity contribution in [1.29, 1.82) is 0 Å². The molecule has 4 rings (SSSR count). The molecule has 0 bridgehead atoms. The monoisotopic (exact) mass is 445 g/mol. The second kappa shape index (κ2) is 7.49. The normalized spacial score (nSPS) is 16.3. The Morgan fingerprint density at radius 1 is 0.926 bits per heavy atom. The SMILES string of the molecule is COC1Cc2cc([Se]c3ccccc3)ccc2N1S(=O)(=O)c1ccccc1. The molecule has 1 aliphatic heterocycles. The third-order valence-electron chi connectivity index (χ3n) is 4.50. The van der Waals surface area contributed by atoms with Crippen molar-refractivity contribution in [3.8, 4) is 0 Å². The molecule has 3 aromatic carbocycles. The third-order valence-corrected chi connectivity index (χ3v) is 8.41. The zero-order valence-electron chi connectivity index (χ0n) is 14.8. The van der Waals surface area contributed by atoms with Gasteiger partial charge in [0, 0.05) is 0 Å². The van der Waals surface area contributed by atoms with Crippen LogP contribution in [0.4, 0.5) is 5.69 Å². The number of rotatable bonds is 5. The summed E-state index contributed by atoms with van der Waals surface area (Å²) in [5, 5.41) is 0. The summed E-state index contributed by atoms with van der Waals surface area (Å²) in [4.78, 5) is 0.275. The van der Waals surface area contributed by atoms with Crippen molar-refractivity contribution in [2.75, 3.05) is 11.4 Å². The second-order valence-corrected chi connectivity index (χ2v) is 10.4. The quantitative estimate of drug-likeness (QED) is 0.567. The van der Waals surface area contributed by atoms with Crippen LogP contribution >= 0.6 is 0 Å². The maximum absolute atomic E-state index is 13.2. The summed E-state index contributed by atoms with van der Waals surface area (Å²) in [6.07, 6.45) is 0.0287. The Kier molecular flexibility index (Phi) is 5.06. The number of hydrogen-bond acceptors (Lipinski definition) is 3. The van der Waals surface area contributed by atoms with Crippen molar-refractivity contribution < 1.29 is 13.2 Å². The first kappa shape index (κ1) is 18.3. The van der Waals surface area contributed by atoms with Gasteiger partial charge in [-0.3, -0.25) is 0 Å². The predicted molar refractivity (Wildman–Crippen MR) is 109 cm³/mol. The minimum atomic E-state index is -3.67. The number of fused-ring (bicyclic) bond motifs is 1. The Morgan fingerprint density at radius 2 is 1.59 bits per heavy atom. The maximum atomic E-state index is 13.2. The van der Waals surface area contributed by atoms with Gasteiger partial charge in [-0.25, -0.2) is 0 Å². The summed E-state index contributed by atoms with van der Waals surface area (Å²) in [5.74, 6) is 0. The molecule has 1 unspecified atom stereocenters. The molecular formula is C21H19NO3SSe. The van der Waals surface area contributed by atoms with E-state index in [1.165, 1.54) is 13.2 Å². The Morgan fingerprint density at radius 3 is 2.26 bits per heavy atom. The third kappa shape index (κ3) is 3.54. The van der Waals surface area contributed by atoms with E-state index in [0.29, 0.717) is 12.1 Å². The molecule has 0 N–H and O–H groups in total. The van der Waals surface area contributed by atoms with Crippen LogP contribution in [0.1, 0.15) is 5.56 Å². The van der Waals surface area contributed by atoms with Gasteiger partial charge in [0.1, 0.15) is 0 Å². The fraction of sp³-hybridized carbons (Fsp3) is 0.143. The van der Waals surface area contributed by atoms with Gasteiger partial charge in [0.15, 0.2) is 0 Å². The van der Waals surface area contributed by atoms with Crippen molar-refractivity contribution in [2.45, 2.75) is 17.5 Å². The van der Waals surface area contributed by atoms with E-state index < -0.39 is 16.3 Å². The number of benzene rings is 3. The number of anilines is 1. The first-order valence-corrected chi connectivity index (χ1v) is 11.7. The van der Waals surface area contributed by atoms with Gasteiger partial charge in [0.2, 0.25) is 0 Å². The van der Waals surface area contributed by atoms with Crippen molar-refractivity contribution in [3.05, 3.63) is 84.4 Å². The van der Waals surface area contributed by atoms with Gasteiger partial charge in [-0.05, 0) is 0 Å². The van der Waals surface area contributed by atoms with E-state index in [2.05, 4.69) is 18.2 Å². The predicted octanol–water partition coefficient (Wildman–Crippen LogP) is 2.07. The number of sulfonamides is 1. The van der Waals surface area contributed by atoms with Crippen molar-refractivity contribution in [3.63, 3.8) is 0 Å². The molecule has 0 fully saturated rings. The van der Waals surface area contributed by atoms with E-state index in [0.717, 1.165) is 5.56 Å². The van der Waals surface area contributed by atoms with Crippen molar-refractivity contribution in [2.24, 2.45) is 0 Å². The van der Waals surface area contributed by atoms with Crippen LogP contribution in [0, 0.1) is 0 Å². The molecular weight excluding hydrogens is 425 g/mol. The summed E-state index contributed by atoms with van der Waals surface area (Å²) < 4.78 is 35.8. The number of nitrogens with zero attached hydrogens (tertiary/aromatic N) is 1. The molecule has 0 saturated heterocycles. The molecule has 0 aromatic heterocycles. The van der Waals surface area contributed by atoms with Crippen molar-refractivity contribution >= 4 is 39.6 Å². The molecule has 0 spiro atoms. The first-order valence-electron chi connectivity index (χ1n) is 8.58. The summed E-state index contributed by atoms with van der Waals surface area (Å²) in [5.41, 5.74) is 1.72.